The van der Waals surface area contributed by atoms with Gasteiger partial charge in [0.15, 0.2) is 0 Å². The monoisotopic (exact) mass is 390 g/mol. The molecule has 2 aromatic rings. The molecule has 0 aliphatic rings. The van der Waals surface area contributed by atoms with E-state index >= 15 is 0 Å². The number of rotatable bonds is 9. The molecule has 0 saturated carbocycles. The molecule has 2 aromatic carbocycles. The first kappa shape index (κ1) is 21.1. The smallest absolute Gasteiger partial charge is 0.335 e. The number of carbonyl (C=O) groups is 1. The van der Waals surface area contributed by atoms with Crippen molar-refractivity contribution < 1.29 is 18.3 Å². The molecule has 0 aliphatic carbocycles. The van der Waals surface area contributed by atoms with Gasteiger partial charge in [-0.05, 0) is 42.3 Å². The van der Waals surface area contributed by atoms with E-state index in [9.17, 15) is 13.2 Å². The Bertz CT molecular complexity index is 875. The number of carboxylic acid groups (broad SMARTS) is 1. The first-order chi connectivity index (χ1) is 12.8. The lowest BCUT2D eigenvalue weighted by Gasteiger charge is -2.19. The molecule has 0 amide bonds. The van der Waals surface area contributed by atoms with Crippen molar-refractivity contribution in [1.82, 2.24) is 9.62 Å². The van der Waals surface area contributed by atoms with Crippen molar-refractivity contribution in [3.8, 4) is 0 Å². The number of hydrogen-bond acceptors (Lipinski definition) is 4. The van der Waals surface area contributed by atoms with Crippen LogP contribution in [0, 0.1) is 0 Å². The van der Waals surface area contributed by atoms with Crippen molar-refractivity contribution in [2.24, 2.45) is 0 Å². The molecule has 0 aliphatic heterocycles. The number of aromatic carboxylic acids is 1. The van der Waals surface area contributed by atoms with Gasteiger partial charge in [-0.3, -0.25) is 0 Å². The Morgan fingerprint density at radius 2 is 1.74 bits per heavy atom. The third kappa shape index (κ3) is 5.15. The summed E-state index contributed by atoms with van der Waals surface area (Å²) in [4.78, 5) is 11.3. The van der Waals surface area contributed by atoms with E-state index in [1.54, 1.807) is 30.3 Å². The Kier molecular flexibility index (Phi) is 7.12. The molecule has 0 heterocycles. The zero-order valence-electron chi connectivity index (χ0n) is 15.8. The number of benzene rings is 2. The molecule has 1 unspecified atom stereocenters. The molecule has 1 atom stereocenters. The predicted octanol–water partition coefficient (Wildman–Crippen LogP) is 3.27. The topological polar surface area (TPSA) is 86.7 Å². The van der Waals surface area contributed by atoms with Gasteiger partial charge in [-0.25, -0.2) is 13.2 Å². The van der Waals surface area contributed by atoms with Crippen LogP contribution in [0.25, 0.3) is 0 Å². The molecular formula is C20H26N2O4S. The highest BCUT2D eigenvalue weighted by Gasteiger charge is 2.21. The normalized spacial score (nSPS) is 12.9. The third-order valence-corrected chi connectivity index (χ3v) is 6.57. The Morgan fingerprint density at radius 1 is 1.11 bits per heavy atom. The van der Waals surface area contributed by atoms with Crippen LogP contribution in [0.1, 0.15) is 48.3 Å². The van der Waals surface area contributed by atoms with E-state index in [4.69, 9.17) is 5.11 Å². The molecule has 0 radical (unpaired) electrons. The Balaban J connectivity index is 2.06. The molecule has 6 nitrogen and oxygen atoms in total. The van der Waals surface area contributed by atoms with Crippen molar-refractivity contribution in [1.29, 1.82) is 0 Å². The molecule has 0 aromatic heterocycles. The number of nitrogens with one attached hydrogen (secondary N) is 1. The molecule has 7 heteroatoms. The fourth-order valence-electron chi connectivity index (χ4n) is 2.84. The van der Waals surface area contributed by atoms with Crippen molar-refractivity contribution >= 4 is 16.0 Å². The molecule has 27 heavy (non-hydrogen) atoms. The lowest BCUT2D eigenvalue weighted by atomic mass is 10.1. The molecular weight excluding hydrogens is 364 g/mol. The summed E-state index contributed by atoms with van der Waals surface area (Å²) in [5.74, 6) is -0.949. The zero-order chi connectivity index (χ0) is 20.0. The van der Waals surface area contributed by atoms with E-state index in [2.05, 4.69) is 5.32 Å². The summed E-state index contributed by atoms with van der Waals surface area (Å²) in [6.07, 6.45) is 0. The molecule has 2 rings (SSSR count). The minimum Gasteiger partial charge on any atom is -0.478 e. The summed E-state index contributed by atoms with van der Waals surface area (Å²) in [5, 5.41) is 12.4. The number of carboxylic acids is 1. The lowest BCUT2D eigenvalue weighted by Crippen LogP contribution is -2.30. The second kappa shape index (κ2) is 9.12. The molecule has 0 spiro atoms. The number of hydrogen-bond donors (Lipinski definition) is 2. The Hall–Kier alpha value is -2.22. The first-order valence-electron chi connectivity index (χ1n) is 8.95. The van der Waals surface area contributed by atoms with Gasteiger partial charge < -0.3 is 10.4 Å². The van der Waals surface area contributed by atoms with Crippen molar-refractivity contribution in [3.05, 3.63) is 65.2 Å². The van der Waals surface area contributed by atoms with Crippen molar-refractivity contribution in [2.75, 3.05) is 13.1 Å². The van der Waals surface area contributed by atoms with Crippen LogP contribution in [-0.4, -0.2) is 36.9 Å². The zero-order valence-corrected chi connectivity index (χ0v) is 16.7. The van der Waals surface area contributed by atoms with Crippen LogP contribution in [0.15, 0.2) is 53.4 Å². The summed E-state index contributed by atoms with van der Waals surface area (Å²) >= 11 is 0. The Labute approximate surface area is 160 Å². The van der Waals surface area contributed by atoms with Gasteiger partial charge in [0.25, 0.3) is 0 Å². The standard InChI is InChI=1S/C20H26N2O4S/c1-4-22(5-2)27(25,26)19-11-9-17(10-12-19)15(3)21-14-16-7-6-8-18(13-16)20(23)24/h6-13,15,21H,4-5,14H2,1-3H3,(H,23,24). The van der Waals surface area contributed by atoms with Gasteiger partial charge in [0, 0.05) is 25.7 Å². The Morgan fingerprint density at radius 3 is 2.30 bits per heavy atom. The van der Waals surface area contributed by atoms with E-state index < -0.39 is 16.0 Å². The maximum Gasteiger partial charge on any atom is 0.335 e. The van der Waals surface area contributed by atoms with Crippen LogP contribution < -0.4 is 5.32 Å². The predicted molar refractivity (Wildman–Crippen MR) is 105 cm³/mol. The number of nitrogens with zero attached hydrogens (tertiary/aromatic N) is 1. The minimum atomic E-state index is -3.45. The quantitative estimate of drug-likeness (QED) is 0.686. The second-order valence-corrected chi connectivity index (χ2v) is 8.20. The molecule has 0 saturated heterocycles. The maximum atomic E-state index is 12.5. The number of sulfonamides is 1. The average Bonchev–Trinajstić information content (AvgIpc) is 2.67. The second-order valence-electron chi connectivity index (χ2n) is 6.27. The van der Waals surface area contributed by atoms with Crippen LogP contribution in [0.2, 0.25) is 0 Å². The van der Waals surface area contributed by atoms with Crippen molar-refractivity contribution in [2.45, 2.75) is 38.3 Å². The highest BCUT2D eigenvalue weighted by atomic mass is 32.2. The maximum absolute atomic E-state index is 12.5. The largest absolute Gasteiger partial charge is 0.478 e. The fourth-order valence-corrected chi connectivity index (χ4v) is 4.30. The van der Waals surface area contributed by atoms with E-state index in [1.165, 1.54) is 4.31 Å². The van der Waals surface area contributed by atoms with Gasteiger partial charge in [0.05, 0.1) is 10.5 Å². The molecule has 0 bridgehead atoms. The van der Waals surface area contributed by atoms with Crippen LogP contribution in [0.4, 0.5) is 0 Å². The van der Waals surface area contributed by atoms with Gasteiger partial charge in [-0.1, -0.05) is 38.1 Å². The highest BCUT2D eigenvalue weighted by Crippen LogP contribution is 2.20. The van der Waals surface area contributed by atoms with Crippen LogP contribution in [0.5, 0.6) is 0 Å². The lowest BCUT2D eigenvalue weighted by molar-refractivity contribution is 0.0696. The first-order valence-corrected chi connectivity index (χ1v) is 10.4. The molecule has 0 fully saturated rings. The van der Waals surface area contributed by atoms with Gasteiger partial charge in [0.1, 0.15) is 0 Å². The van der Waals surface area contributed by atoms with Gasteiger partial charge >= 0.3 is 5.97 Å². The van der Waals surface area contributed by atoms with Crippen LogP contribution >= 0.6 is 0 Å². The summed E-state index contributed by atoms with van der Waals surface area (Å²) < 4.78 is 26.5. The fraction of sp³-hybridized carbons (Fsp3) is 0.350. The minimum absolute atomic E-state index is 0.0105. The van der Waals surface area contributed by atoms with E-state index in [0.29, 0.717) is 19.6 Å². The summed E-state index contributed by atoms with van der Waals surface area (Å²) in [7, 11) is -3.45. The van der Waals surface area contributed by atoms with Gasteiger partial charge in [-0.2, -0.15) is 4.31 Å². The van der Waals surface area contributed by atoms with Crippen molar-refractivity contribution in [3.63, 3.8) is 0 Å². The SMILES string of the molecule is CCN(CC)S(=O)(=O)c1ccc(C(C)NCc2cccc(C(=O)O)c2)cc1. The van der Waals surface area contributed by atoms with E-state index in [1.807, 2.05) is 39.0 Å². The average molecular weight is 391 g/mol. The van der Waals surface area contributed by atoms with Gasteiger partial charge in [-0.15, -0.1) is 0 Å². The van der Waals surface area contributed by atoms with Gasteiger partial charge in [0.2, 0.25) is 10.0 Å². The molecule has 2 N–H and O–H groups in total. The highest BCUT2D eigenvalue weighted by molar-refractivity contribution is 7.89. The van der Waals surface area contributed by atoms with Crippen LogP contribution in [-0.2, 0) is 16.6 Å². The summed E-state index contributed by atoms with van der Waals surface area (Å²) in [6, 6.07) is 13.7. The molecule has 146 valence electrons. The van der Waals surface area contributed by atoms with E-state index in [-0.39, 0.29) is 16.5 Å². The summed E-state index contributed by atoms with van der Waals surface area (Å²) in [5.41, 5.74) is 2.10. The van der Waals surface area contributed by atoms with E-state index in [0.717, 1.165) is 11.1 Å². The third-order valence-electron chi connectivity index (χ3n) is 4.51. The van der Waals surface area contributed by atoms with Crippen LogP contribution in [0.3, 0.4) is 0 Å². The summed E-state index contributed by atoms with van der Waals surface area (Å²) in [6.45, 7) is 7.01.